The third-order valence-corrected chi connectivity index (χ3v) is 10.1. The van der Waals surface area contributed by atoms with Crippen LogP contribution in [-0.2, 0) is 18.9 Å². The van der Waals surface area contributed by atoms with E-state index in [9.17, 15) is 18.0 Å². The zero-order chi connectivity index (χ0) is 32.7. The third-order valence-electron chi connectivity index (χ3n) is 8.40. The van der Waals surface area contributed by atoms with Crippen LogP contribution in [0.25, 0.3) is 11.3 Å². The summed E-state index contributed by atoms with van der Waals surface area (Å²) < 4.78 is 70.1. The van der Waals surface area contributed by atoms with Gasteiger partial charge in [-0.05, 0) is 43.7 Å². The molecule has 3 aliphatic heterocycles. The van der Waals surface area contributed by atoms with Gasteiger partial charge in [-0.2, -0.15) is 0 Å². The van der Waals surface area contributed by atoms with E-state index in [1.54, 1.807) is 15.6 Å². The smallest absolute Gasteiger partial charge is 0.254 e. The number of thioether (sulfide) groups is 1. The molecule has 3 aliphatic rings. The van der Waals surface area contributed by atoms with Crippen LogP contribution in [0.15, 0.2) is 76.2 Å². The highest BCUT2D eigenvalue weighted by Gasteiger charge is 2.52. The Bertz CT molecular complexity index is 1740. The van der Waals surface area contributed by atoms with Crippen LogP contribution in [0.4, 0.5) is 13.2 Å². The minimum atomic E-state index is -1.56. The fraction of sp³-hybridized carbons (Fsp3) is 0.364. The quantitative estimate of drug-likeness (QED) is 0.189. The van der Waals surface area contributed by atoms with Crippen molar-refractivity contribution in [2.24, 2.45) is 0 Å². The molecule has 1 aromatic heterocycles. The summed E-state index contributed by atoms with van der Waals surface area (Å²) in [5, 5.41) is 8.54. The van der Waals surface area contributed by atoms with E-state index in [2.05, 4.69) is 26.2 Å². The van der Waals surface area contributed by atoms with Gasteiger partial charge >= 0.3 is 0 Å². The SMILES string of the molecule is CCOC1[C@@H](Sc2cc(Br)ccc2C(=O)N2CCC2)OC2COC(c3ccccc3)O[C@@H]2[C@@H]1n1cc(-c2cc(F)c(F)c(F)c2)nn1. The van der Waals surface area contributed by atoms with Gasteiger partial charge < -0.3 is 23.8 Å². The molecule has 3 saturated heterocycles. The molecule has 3 unspecified atom stereocenters. The summed E-state index contributed by atoms with van der Waals surface area (Å²) in [6.07, 6.45) is -0.129. The van der Waals surface area contributed by atoms with Crippen LogP contribution in [0.2, 0.25) is 0 Å². The average molecular weight is 732 g/mol. The van der Waals surface area contributed by atoms with E-state index in [0.29, 0.717) is 30.2 Å². The second-order valence-electron chi connectivity index (χ2n) is 11.4. The molecule has 3 aromatic carbocycles. The van der Waals surface area contributed by atoms with Gasteiger partial charge in [0.05, 0.1) is 18.4 Å². The van der Waals surface area contributed by atoms with Crippen LogP contribution in [0.1, 0.15) is 41.6 Å². The van der Waals surface area contributed by atoms with Crippen LogP contribution in [0.5, 0.6) is 0 Å². The summed E-state index contributed by atoms with van der Waals surface area (Å²) >= 11 is 4.90. The number of fused-ring (bicyclic) bond motifs is 1. The van der Waals surface area contributed by atoms with Gasteiger partial charge in [0, 0.05) is 40.2 Å². The second kappa shape index (κ2) is 13.7. The normalized spacial score (nSPS) is 25.7. The number of likely N-dealkylation sites (tertiary alicyclic amines) is 1. The molecule has 0 N–H and O–H groups in total. The molecular weight excluding hydrogens is 701 g/mol. The third kappa shape index (κ3) is 6.46. The summed E-state index contributed by atoms with van der Waals surface area (Å²) in [4.78, 5) is 15.9. The van der Waals surface area contributed by atoms with E-state index in [-0.39, 0.29) is 23.8 Å². The summed E-state index contributed by atoms with van der Waals surface area (Å²) in [5.74, 6) is -4.29. The van der Waals surface area contributed by atoms with Gasteiger partial charge in [0.25, 0.3) is 5.91 Å². The molecule has 4 aromatic rings. The number of halogens is 4. The molecule has 0 bridgehead atoms. The molecule has 47 heavy (non-hydrogen) atoms. The lowest BCUT2D eigenvalue weighted by Crippen LogP contribution is -2.59. The van der Waals surface area contributed by atoms with E-state index in [4.69, 9.17) is 18.9 Å². The first-order chi connectivity index (χ1) is 22.8. The van der Waals surface area contributed by atoms with E-state index in [0.717, 1.165) is 28.6 Å². The summed E-state index contributed by atoms with van der Waals surface area (Å²) in [6.45, 7) is 3.77. The number of rotatable bonds is 8. The Balaban J connectivity index is 1.27. The largest absolute Gasteiger partial charge is 0.373 e. The Morgan fingerprint density at radius 3 is 2.53 bits per heavy atom. The highest BCUT2D eigenvalue weighted by molar-refractivity contribution is 9.10. The topological polar surface area (TPSA) is 87.9 Å². The van der Waals surface area contributed by atoms with Crippen molar-refractivity contribution in [3.63, 3.8) is 0 Å². The molecule has 3 fully saturated rings. The maximum Gasteiger partial charge on any atom is 0.254 e. The van der Waals surface area contributed by atoms with Crippen molar-refractivity contribution >= 4 is 33.6 Å². The predicted molar refractivity (Wildman–Crippen MR) is 169 cm³/mol. The highest BCUT2D eigenvalue weighted by atomic mass is 79.9. The van der Waals surface area contributed by atoms with Gasteiger partial charge in [-0.15, -0.1) is 5.10 Å². The molecule has 0 radical (unpaired) electrons. The molecule has 0 saturated carbocycles. The molecule has 246 valence electrons. The van der Waals surface area contributed by atoms with Gasteiger partial charge in [-0.25, -0.2) is 17.9 Å². The van der Waals surface area contributed by atoms with Crippen LogP contribution in [-0.4, -0.2) is 75.9 Å². The zero-order valence-corrected chi connectivity index (χ0v) is 27.5. The Morgan fingerprint density at radius 2 is 1.83 bits per heavy atom. The van der Waals surface area contributed by atoms with E-state index < -0.39 is 53.5 Å². The average Bonchev–Trinajstić information content (AvgIpc) is 3.53. The van der Waals surface area contributed by atoms with Gasteiger partial charge in [-0.3, -0.25) is 4.79 Å². The van der Waals surface area contributed by atoms with E-state index in [1.807, 2.05) is 49.4 Å². The molecule has 0 spiro atoms. The summed E-state index contributed by atoms with van der Waals surface area (Å²) in [7, 11) is 0. The van der Waals surface area contributed by atoms with Gasteiger partial charge in [0.2, 0.25) is 0 Å². The second-order valence-corrected chi connectivity index (χ2v) is 13.4. The van der Waals surface area contributed by atoms with Crippen LogP contribution < -0.4 is 0 Å². The lowest BCUT2D eigenvalue weighted by molar-refractivity contribution is -0.309. The number of aromatic nitrogens is 3. The van der Waals surface area contributed by atoms with Crippen molar-refractivity contribution in [3.8, 4) is 11.3 Å². The Kier molecular flexibility index (Phi) is 9.40. The van der Waals surface area contributed by atoms with Gasteiger partial charge in [0.1, 0.15) is 35.5 Å². The molecular formula is C33H30BrF3N4O5S. The molecule has 9 nitrogen and oxygen atoms in total. The predicted octanol–water partition coefficient (Wildman–Crippen LogP) is 6.55. The summed E-state index contributed by atoms with van der Waals surface area (Å²) in [6, 6.07) is 16.1. The fourth-order valence-electron chi connectivity index (χ4n) is 5.96. The molecule has 1 amide bonds. The van der Waals surface area contributed by atoms with Crippen LogP contribution >= 0.6 is 27.7 Å². The monoisotopic (exact) mass is 730 g/mol. The molecule has 4 heterocycles. The first kappa shape index (κ1) is 32.3. The van der Waals surface area contributed by atoms with Crippen molar-refractivity contribution in [1.82, 2.24) is 19.9 Å². The molecule has 6 atom stereocenters. The Labute approximate surface area is 281 Å². The van der Waals surface area contributed by atoms with E-state index >= 15 is 0 Å². The van der Waals surface area contributed by atoms with Gasteiger partial charge in [-0.1, -0.05) is 63.2 Å². The maximum absolute atomic E-state index is 14.2. The van der Waals surface area contributed by atoms with Crippen molar-refractivity contribution < 1.29 is 36.9 Å². The lowest BCUT2D eigenvalue weighted by Gasteiger charge is -2.49. The zero-order valence-electron chi connectivity index (χ0n) is 25.1. The number of hydrogen-bond donors (Lipinski definition) is 0. The fourth-order valence-corrected chi connectivity index (χ4v) is 7.77. The minimum Gasteiger partial charge on any atom is -0.373 e. The number of hydrogen-bond acceptors (Lipinski definition) is 8. The first-order valence-electron chi connectivity index (χ1n) is 15.2. The van der Waals surface area contributed by atoms with Crippen molar-refractivity contribution in [3.05, 3.63) is 99.9 Å². The van der Waals surface area contributed by atoms with Crippen molar-refractivity contribution in [1.29, 1.82) is 0 Å². The van der Waals surface area contributed by atoms with Crippen molar-refractivity contribution in [2.45, 2.75) is 54.3 Å². The summed E-state index contributed by atoms with van der Waals surface area (Å²) in [5.41, 5.74) is 0.861. The standard InChI is InChI=1S/C33H30BrF3N4O5S/c1-2-43-30-28(41-16-24(38-39-41)19-13-22(35)27(37)23(36)14-19)29-25(17-44-32(46-29)18-7-4-3-5-8-18)45-33(30)47-26-15-20(34)9-10-21(26)31(42)40-11-6-12-40/h3-5,7-10,13-16,25,28-30,32-33H,2,6,11-12,17H2,1H3/t25?,28-,29-,30?,32?,33+/m0/s1. The number of carbonyl (C=O) groups excluding carboxylic acids is 1. The maximum atomic E-state index is 14.2. The number of ether oxygens (including phenoxy) is 4. The number of nitrogens with zero attached hydrogens (tertiary/aromatic N) is 4. The molecule has 7 rings (SSSR count). The van der Waals surface area contributed by atoms with Crippen molar-refractivity contribution in [2.75, 3.05) is 26.3 Å². The minimum absolute atomic E-state index is 0.0217. The lowest BCUT2D eigenvalue weighted by atomic mass is 9.95. The Morgan fingerprint density at radius 1 is 1.06 bits per heavy atom. The number of carbonyl (C=O) groups is 1. The van der Waals surface area contributed by atoms with Crippen LogP contribution in [0.3, 0.4) is 0 Å². The molecule has 0 aliphatic carbocycles. The number of benzene rings is 3. The number of amides is 1. The Hall–Kier alpha value is -3.27. The highest BCUT2D eigenvalue weighted by Crippen LogP contribution is 2.45. The van der Waals surface area contributed by atoms with E-state index in [1.165, 1.54) is 18.0 Å². The van der Waals surface area contributed by atoms with Gasteiger partial charge in [0.15, 0.2) is 23.7 Å². The first-order valence-corrected chi connectivity index (χ1v) is 16.9. The van der Waals surface area contributed by atoms with Crippen LogP contribution in [0, 0.1) is 17.5 Å². The molecule has 14 heteroatoms.